The summed E-state index contributed by atoms with van der Waals surface area (Å²) >= 11 is 11.9. The maximum absolute atomic E-state index is 12.1. The van der Waals surface area contributed by atoms with Gasteiger partial charge in [0.25, 0.3) is 0 Å². The largest absolute Gasteiger partial charge is 0.493 e. The van der Waals surface area contributed by atoms with Crippen LogP contribution in [0.15, 0.2) is 42.5 Å². The van der Waals surface area contributed by atoms with Crippen LogP contribution in [0.4, 0.5) is 0 Å². The summed E-state index contributed by atoms with van der Waals surface area (Å²) in [4.78, 5) is 12.1. The Kier molecular flexibility index (Phi) is 7.41. The summed E-state index contributed by atoms with van der Waals surface area (Å²) in [7, 11) is 1.59. The molecule has 134 valence electrons. The van der Waals surface area contributed by atoms with Crippen LogP contribution in [-0.2, 0) is 11.2 Å². The van der Waals surface area contributed by atoms with Crippen molar-refractivity contribution in [2.24, 2.45) is 0 Å². The Morgan fingerprint density at radius 1 is 1.12 bits per heavy atom. The number of methoxy groups -OCH3 is 1. The second-order valence-electron chi connectivity index (χ2n) is 5.68. The third kappa shape index (κ3) is 6.15. The highest BCUT2D eigenvalue weighted by Gasteiger charge is 2.10. The topological polar surface area (TPSA) is 47.6 Å². The van der Waals surface area contributed by atoms with Gasteiger partial charge < -0.3 is 14.8 Å². The van der Waals surface area contributed by atoms with E-state index in [0.717, 1.165) is 5.56 Å². The van der Waals surface area contributed by atoms with Crippen molar-refractivity contribution in [3.05, 3.63) is 58.1 Å². The number of benzene rings is 2. The number of ether oxygens (including phenoxy) is 2. The minimum atomic E-state index is -0.119. The molecule has 6 heteroatoms. The number of hydrogen-bond acceptors (Lipinski definition) is 3. The van der Waals surface area contributed by atoms with Crippen molar-refractivity contribution in [3.63, 3.8) is 0 Å². The first-order valence-corrected chi connectivity index (χ1v) is 8.74. The van der Waals surface area contributed by atoms with Crippen molar-refractivity contribution in [3.8, 4) is 11.5 Å². The summed E-state index contributed by atoms with van der Waals surface area (Å²) in [5.41, 5.74) is 0.975. The van der Waals surface area contributed by atoms with E-state index in [-0.39, 0.29) is 11.9 Å². The first-order valence-electron chi connectivity index (χ1n) is 7.98. The van der Waals surface area contributed by atoms with Gasteiger partial charge in [-0.25, -0.2) is 0 Å². The lowest BCUT2D eigenvalue weighted by Crippen LogP contribution is -2.36. The molecule has 0 heterocycles. The molecular formula is C19H21Cl2NO3. The zero-order valence-corrected chi connectivity index (χ0v) is 15.7. The van der Waals surface area contributed by atoms with Crippen molar-refractivity contribution >= 4 is 29.1 Å². The number of hydrogen-bond donors (Lipinski definition) is 1. The third-order valence-corrected chi connectivity index (χ3v) is 4.33. The molecule has 0 aliphatic rings. The molecule has 0 spiro atoms. The Balaban J connectivity index is 1.77. The molecule has 4 nitrogen and oxygen atoms in total. The van der Waals surface area contributed by atoms with Gasteiger partial charge in [-0.15, -0.1) is 0 Å². The molecule has 0 aromatic heterocycles. The van der Waals surface area contributed by atoms with E-state index in [0.29, 0.717) is 41.0 Å². The summed E-state index contributed by atoms with van der Waals surface area (Å²) in [6.45, 7) is 2.26. The van der Waals surface area contributed by atoms with Crippen LogP contribution in [0.2, 0.25) is 10.0 Å². The molecule has 1 atom stereocenters. The SMILES string of the molecule is COc1ccccc1OC[C@@H](C)NC(=O)CCc1ccc(Cl)c(Cl)c1. The van der Waals surface area contributed by atoms with Crippen LogP contribution in [-0.4, -0.2) is 25.7 Å². The normalized spacial score (nSPS) is 11.7. The van der Waals surface area contributed by atoms with E-state index >= 15 is 0 Å². The van der Waals surface area contributed by atoms with Gasteiger partial charge in [-0.2, -0.15) is 0 Å². The van der Waals surface area contributed by atoms with Crippen LogP contribution in [0.5, 0.6) is 11.5 Å². The molecule has 0 aliphatic heterocycles. The number of rotatable bonds is 8. The standard InChI is InChI=1S/C19H21Cl2NO3/c1-13(12-25-18-6-4-3-5-17(18)24-2)22-19(23)10-8-14-7-9-15(20)16(21)11-14/h3-7,9,11,13H,8,10,12H2,1-2H3,(H,22,23)/t13-/m1/s1. The summed E-state index contributed by atoms with van der Waals surface area (Å²) in [6.07, 6.45) is 0.972. The summed E-state index contributed by atoms with van der Waals surface area (Å²) in [5, 5.41) is 3.93. The number of aryl methyl sites for hydroxylation is 1. The third-order valence-electron chi connectivity index (χ3n) is 3.59. The molecule has 0 bridgehead atoms. The summed E-state index contributed by atoms with van der Waals surface area (Å²) in [5.74, 6) is 1.28. The monoisotopic (exact) mass is 381 g/mol. The van der Waals surface area contributed by atoms with Crippen LogP contribution < -0.4 is 14.8 Å². The number of carbonyl (C=O) groups is 1. The Hall–Kier alpha value is -1.91. The number of para-hydroxylation sites is 2. The number of carbonyl (C=O) groups excluding carboxylic acids is 1. The Labute approximate surface area is 158 Å². The molecule has 0 unspecified atom stereocenters. The molecule has 2 rings (SSSR count). The number of amides is 1. The van der Waals surface area contributed by atoms with Crippen molar-refractivity contribution in [1.29, 1.82) is 0 Å². The minimum Gasteiger partial charge on any atom is -0.493 e. The predicted octanol–water partition coefficient (Wildman–Crippen LogP) is 4.52. The van der Waals surface area contributed by atoms with Gasteiger partial charge in [-0.1, -0.05) is 41.4 Å². The van der Waals surface area contributed by atoms with Crippen LogP contribution in [0.1, 0.15) is 18.9 Å². The van der Waals surface area contributed by atoms with E-state index in [9.17, 15) is 4.79 Å². The first-order chi connectivity index (χ1) is 12.0. The molecule has 0 fully saturated rings. The lowest BCUT2D eigenvalue weighted by Gasteiger charge is -2.16. The predicted molar refractivity (Wildman–Crippen MR) is 101 cm³/mol. The van der Waals surface area contributed by atoms with Crippen molar-refractivity contribution < 1.29 is 14.3 Å². The molecule has 0 saturated carbocycles. The van der Waals surface area contributed by atoms with Crippen molar-refractivity contribution in [2.75, 3.05) is 13.7 Å². The molecule has 2 aromatic carbocycles. The van der Waals surface area contributed by atoms with Gasteiger partial charge >= 0.3 is 0 Å². The highest BCUT2D eigenvalue weighted by Crippen LogP contribution is 2.26. The Morgan fingerprint density at radius 3 is 2.52 bits per heavy atom. The van der Waals surface area contributed by atoms with E-state index in [1.165, 1.54) is 0 Å². The zero-order chi connectivity index (χ0) is 18.2. The van der Waals surface area contributed by atoms with Gasteiger partial charge in [-0.05, 0) is 43.2 Å². The van der Waals surface area contributed by atoms with Crippen LogP contribution in [0, 0.1) is 0 Å². The number of halogens is 2. The van der Waals surface area contributed by atoms with Crippen LogP contribution >= 0.6 is 23.2 Å². The molecule has 1 N–H and O–H groups in total. The van der Waals surface area contributed by atoms with Crippen LogP contribution in [0.25, 0.3) is 0 Å². The lowest BCUT2D eigenvalue weighted by molar-refractivity contribution is -0.121. The fraction of sp³-hybridized carbons (Fsp3) is 0.316. The molecule has 1 amide bonds. The maximum Gasteiger partial charge on any atom is 0.220 e. The smallest absolute Gasteiger partial charge is 0.220 e. The van der Waals surface area contributed by atoms with Gasteiger partial charge in [0.2, 0.25) is 5.91 Å². The van der Waals surface area contributed by atoms with Crippen molar-refractivity contribution in [2.45, 2.75) is 25.8 Å². The van der Waals surface area contributed by atoms with Gasteiger partial charge in [0.15, 0.2) is 11.5 Å². The molecular weight excluding hydrogens is 361 g/mol. The Morgan fingerprint density at radius 2 is 1.84 bits per heavy atom. The highest BCUT2D eigenvalue weighted by molar-refractivity contribution is 6.42. The zero-order valence-electron chi connectivity index (χ0n) is 14.2. The number of nitrogens with one attached hydrogen (secondary N) is 1. The van der Waals surface area contributed by atoms with E-state index in [2.05, 4.69) is 5.32 Å². The molecule has 0 saturated heterocycles. The highest BCUT2D eigenvalue weighted by atomic mass is 35.5. The lowest BCUT2D eigenvalue weighted by atomic mass is 10.1. The second kappa shape index (κ2) is 9.54. The second-order valence-corrected chi connectivity index (χ2v) is 6.49. The fourth-order valence-corrected chi connectivity index (χ4v) is 2.62. The molecule has 25 heavy (non-hydrogen) atoms. The molecule has 0 radical (unpaired) electrons. The van der Waals surface area contributed by atoms with E-state index in [1.54, 1.807) is 19.2 Å². The van der Waals surface area contributed by atoms with E-state index < -0.39 is 0 Å². The quantitative estimate of drug-likeness (QED) is 0.730. The minimum absolute atomic E-state index is 0.0396. The fourth-order valence-electron chi connectivity index (χ4n) is 2.29. The Bertz CT molecular complexity index is 722. The molecule has 0 aliphatic carbocycles. The average molecular weight is 382 g/mol. The van der Waals surface area contributed by atoms with Gasteiger partial charge in [0.1, 0.15) is 6.61 Å². The van der Waals surface area contributed by atoms with Gasteiger partial charge in [-0.3, -0.25) is 4.79 Å². The van der Waals surface area contributed by atoms with Gasteiger partial charge in [0.05, 0.1) is 23.2 Å². The summed E-state index contributed by atoms with van der Waals surface area (Å²) < 4.78 is 10.9. The van der Waals surface area contributed by atoms with E-state index in [4.69, 9.17) is 32.7 Å². The first kappa shape index (κ1) is 19.4. The average Bonchev–Trinajstić information content (AvgIpc) is 2.61. The summed E-state index contributed by atoms with van der Waals surface area (Å²) in [6, 6.07) is 12.7. The van der Waals surface area contributed by atoms with E-state index in [1.807, 2.05) is 37.3 Å². The maximum atomic E-state index is 12.1. The van der Waals surface area contributed by atoms with Crippen LogP contribution in [0.3, 0.4) is 0 Å². The van der Waals surface area contributed by atoms with Crippen molar-refractivity contribution in [1.82, 2.24) is 5.32 Å². The van der Waals surface area contributed by atoms with Gasteiger partial charge in [0, 0.05) is 6.42 Å². The molecule has 2 aromatic rings.